The first-order valence-corrected chi connectivity index (χ1v) is 2.94. The second kappa shape index (κ2) is 1.59. The van der Waals surface area contributed by atoms with Crippen LogP contribution >= 0.6 is 0 Å². The quantitative estimate of drug-likeness (QED) is 0.404. The lowest BCUT2D eigenvalue weighted by Gasteiger charge is -1.96. The molecular weight excluding hydrogens is 136 g/mol. The van der Waals surface area contributed by atoms with Gasteiger partial charge in [0.25, 0.3) is 5.79 Å². The average molecular weight is 142 g/mol. The number of fused-ring (bicyclic) bond motifs is 1. The van der Waals surface area contributed by atoms with Gasteiger partial charge in [-0.3, -0.25) is 4.79 Å². The maximum absolute atomic E-state index is 10.3. The summed E-state index contributed by atoms with van der Waals surface area (Å²) in [5, 5.41) is 8.63. The molecule has 0 bridgehead atoms. The van der Waals surface area contributed by atoms with Gasteiger partial charge in [-0.1, -0.05) is 0 Å². The van der Waals surface area contributed by atoms with Gasteiger partial charge < -0.3 is 14.6 Å². The van der Waals surface area contributed by atoms with Crippen LogP contribution in [0.5, 0.6) is 0 Å². The summed E-state index contributed by atoms with van der Waals surface area (Å²) < 4.78 is 9.73. The Morgan fingerprint density at radius 3 is 3.00 bits per heavy atom. The van der Waals surface area contributed by atoms with Gasteiger partial charge in [0.15, 0.2) is 12.4 Å². The lowest BCUT2D eigenvalue weighted by Crippen LogP contribution is -2.14. The van der Waals surface area contributed by atoms with E-state index in [0.29, 0.717) is 11.9 Å². The fourth-order valence-corrected chi connectivity index (χ4v) is 1.04. The second-order valence-corrected chi connectivity index (χ2v) is 2.31. The third-order valence-corrected chi connectivity index (χ3v) is 1.69. The van der Waals surface area contributed by atoms with Gasteiger partial charge in [-0.15, -0.1) is 0 Å². The minimum atomic E-state index is -1.06. The van der Waals surface area contributed by atoms with E-state index in [0.717, 1.165) is 0 Å². The molecule has 0 aromatic carbocycles. The highest BCUT2D eigenvalue weighted by atomic mass is 16.8. The first kappa shape index (κ1) is 5.88. The molecule has 10 heavy (non-hydrogen) atoms. The van der Waals surface area contributed by atoms with Crippen LogP contribution in [0, 0.1) is 0 Å². The first-order chi connectivity index (χ1) is 4.82. The smallest absolute Gasteiger partial charge is 0.298 e. The van der Waals surface area contributed by atoms with Gasteiger partial charge in [-0.2, -0.15) is 0 Å². The average Bonchev–Trinajstić information content (AvgIpc) is 2.60. The summed E-state index contributed by atoms with van der Waals surface area (Å²) in [5.74, 6) is -1.06. The SMILES string of the molecule is O=CC12OC=C(CO)C1O2. The largest absolute Gasteiger partial charge is 0.460 e. The Bertz CT molecular complexity index is 210. The van der Waals surface area contributed by atoms with E-state index >= 15 is 0 Å². The molecule has 1 N–H and O–H groups in total. The standard InChI is InChI=1S/C6H6O4/c7-1-4-2-9-6(3-8)5(4)10-6/h2-3,5,7H,1H2. The second-order valence-electron chi connectivity index (χ2n) is 2.31. The van der Waals surface area contributed by atoms with Crippen LogP contribution in [0.25, 0.3) is 0 Å². The van der Waals surface area contributed by atoms with Gasteiger partial charge in [0.05, 0.1) is 12.9 Å². The lowest BCUT2D eigenvalue weighted by molar-refractivity contribution is -0.123. The number of hydrogen-bond acceptors (Lipinski definition) is 4. The van der Waals surface area contributed by atoms with Gasteiger partial charge in [-0.05, 0) is 0 Å². The number of epoxide rings is 1. The molecular formula is C6H6O4. The van der Waals surface area contributed by atoms with Crippen LogP contribution in [0.3, 0.4) is 0 Å². The molecule has 2 atom stereocenters. The minimum absolute atomic E-state index is 0.111. The summed E-state index contributed by atoms with van der Waals surface area (Å²) in [6.45, 7) is -0.111. The van der Waals surface area contributed by atoms with E-state index in [1.165, 1.54) is 6.26 Å². The van der Waals surface area contributed by atoms with E-state index in [9.17, 15) is 4.79 Å². The Morgan fingerprint density at radius 2 is 2.70 bits per heavy atom. The van der Waals surface area contributed by atoms with Crippen LogP contribution < -0.4 is 0 Å². The van der Waals surface area contributed by atoms with E-state index in [-0.39, 0.29) is 12.7 Å². The minimum Gasteiger partial charge on any atom is -0.460 e. The molecule has 2 heterocycles. The topological polar surface area (TPSA) is 59.1 Å². The molecule has 0 amide bonds. The molecule has 2 aliphatic heterocycles. The van der Waals surface area contributed by atoms with Crippen molar-refractivity contribution in [3.05, 3.63) is 11.8 Å². The van der Waals surface area contributed by atoms with E-state index in [4.69, 9.17) is 14.6 Å². The van der Waals surface area contributed by atoms with Crippen molar-refractivity contribution in [1.29, 1.82) is 0 Å². The van der Waals surface area contributed by atoms with Crippen molar-refractivity contribution in [3.63, 3.8) is 0 Å². The maximum atomic E-state index is 10.3. The van der Waals surface area contributed by atoms with Gasteiger partial charge in [-0.25, -0.2) is 0 Å². The van der Waals surface area contributed by atoms with Crippen LogP contribution in [0.15, 0.2) is 11.8 Å². The molecule has 0 aromatic heterocycles. The normalized spacial score (nSPS) is 41.7. The number of aldehydes is 1. The fourth-order valence-electron chi connectivity index (χ4n) is 1.04. The molecule has 0 radical (unpaired) electrons. The molecule has 2 rings (SSSR count). The Morgan fingerprint density at radius 1 is 1.90 bits per heavy atom. The van der Waals surface area contributed by atoms with Crippen molar-refractivity contribution < 1.29 is 19.4 Å². The maximum Gasteiger partial charge on any atom is 0.298 e. The lowest BCUT2D eigenvalue weighted by atomic mass is 10.2. The molecule has 4 heteroatoms. The zero-order valence-electron chi connectivity index (χ0n) is 5.11. The Kier molecular flexibility index (Phi) is 0.934. The van der Waals surface area contributed by atoms with Crippen molar-refractivity contribution in [2.24, 2.45) is 0 Å². The number of rotatable bonds is 2. The highest BCUT2D eigenvalue weighted by Gasteiger charge is 2.64. The molecule has 2 aliphatic rings. The Labute approximate surface area is 57.0 Å². The number of hydrogen-bond donors (Lipinski definition) is 1. The molecule has 2 unspecified atom stereocenters. The predicted octanol–water partition coefficient (Wildman–Crippen LogP) is -0.813. The van der Waals surface area contributed by atoms with Crippen molar-refractivity contribution >= 4 is 6.29 Å². The third-order valence-electron chi connectivity index (χ3n) is 1.69. The Balaban J connectivity index is 2.16. The highest BCUT2D eigenvalue weighted by molar-refractivity contribution is 5.68. The van der Waals surface area contributed by atoms with E-state index in [2.05, 4.69) is 0 Å². The number of carbonyl (C=O) groups excluding carboxylic acids is 1. The first-order valence-electron chi connectivity index (χ1n) is 2.94. The molecule has 1 fully saturated rings. The highest BCUT2D eigenvalue weighted by Crippen LogP contribution is 2.45. The number of aliphatic hydroxyl groups excluding tert-OH is 1. The van der Waals surface area contributed by atoms with Crippen molar-refractivity contribution in [2.75, 3.05) is 6.61 Å². The monoisotopic (exact) mass is 142 g/mol. The zero-order valence-corrected chi connectivity index (χ0v) is 5.11. The van der Waals surface area contributed by atoms with Crippen LogP contribution in [0.1, 0.15) is 0 Å². The predicted molar refractivity (Wildman–Crippen MR) is 29.9 cm³/mol. The zero-order chi connectivity index (χ0) is 7.19. The molecule has 0 spiro atoms. The van der Waals surface area contributed by atoms with Gasteiger partial charge in [0, 0.05) is 5.57 Å². The van der Waals surface area contributed by atoms with Crippen LogP contribution in [0.4, 0.5) is 0 Å². The summed E-state index contributed by atoms with van der Waals surface area (Å²) in [6, 6.07) is 0. The van der Waals surface area contributed by atoms with Gasteiger partial charge in [0.1, 0.15) is 0 Å². The summed E-state index contributed by atoms with van der Waals surface area (Å²) in [7, 11) is 0. The number of aliphatic hydroxyl groups is 1. The van der Waals surface area contributed by atoms with Gasteiger partial charge >= 0.3 is 0 Å². The van der Waals surface area contributed by atoms with Crippen LogP contribution in [-0.4, -0.2) is 29.9 Å². The number of ether oxygens (including phenoxy) is 2. The molecule has 1 saturated heterocycles. The molecule has 0 aromatic rings. The van der Waals surface area contributed by atoms with Crippen molar-refractivity contribution in [2.45, 2.75) is 11.9 Å². The van der Waals surface area contributed by atoms with Crippen LogP contribution in [-0.2, 0) is 14.3 Å². The van der Waals surface area contributed by atoms with Crippen molar-refractivity contribution in [3.8, 4) is 0 Å². The summed E-state index contributed by atoms with van der Waals surface area (Å²) in [6.07, 6.45) is 1.66. The summed E-state index contributed by atoms with van der Waals surface area (Å²) in [4.78, 5) is 10.3. The van der Waals surface area contributed by atoms with Gasteiger partial charge in [0.2, 0.25) is 0 Å². The third kappa shape index (κ3) is 0.501. The van der Waals surface area contributed by atoms with E-state index < -0.39 is 5.79 Å². The van der Waals surface area contributed by atoms with E-state index in [1.54, 1.807) is 0 Å². The number of carbonyl (C=O) groups is 1. The Hall–Kier alpha value is -0.870. The summed E-state index contributed by atoms with van der Waals surface area (Å²) in [5.41, 5.74) is 0.632. The molecule has 54 valence electrons. The van der Waals surface area contributed by atoms with E-state index in [1.807, 2.05) is 0 Å². The summed E-state index contributed by atoms with van der Waals surface area (Å²) >= 11 is 0. The molecule has 0 saturated carbocycles. The van der Waals surface area contributed by atoms with Crippen LogP contribution in [0.2, 0.25) is 0 Å². The molecule has 4 nitrogen and oxygen atoms in total. The molecule has 0 aliphatic carbocycles. The fraction of sp³-hybridized carbons (Fsp3) is 0.500. The van der Waals surface area contributed by atoms with Crippen molar-refractivity contribution in [1.82, 2.24) is 0 Å².